The lowest BCUT2D eigenvalue weighted by Crippen LogP contribution is -2.31. The van der Waals surface area contributed by atoms with Crippen LogP contribution < -0.4 is 11.1 Å². The van der Waals surface area contributed by atoms with Crippen molar-refractivity contribution >= 4 is 29.1 Å². The molecule has 7 heteroatoms. The number of hydrogen-bond donors (Lipinski definition) is 2. The normalized spacial score (nSPS) is 17.0. The van der Waals surface area contributed by atoms with Crippen LogP contribution in [0.2, 0.25) is 5.02 Å². The average molecular weight is 346 g/mol. The monoisotopic (exact) mass is 345 g/mol. The predicted octanol–water partition coefficient (Wildman–Crippen LogP) is 2.36. The number of halogens is 1. The van der Waals surface area contributed by atoms with E-state index in [4.69, 9.17) is 17.3 Å². The number of carbonyl (C=O) groups is 1. The fourth-order valence-electron chi connectivity index (χ4n) is 2.84. The van der Waals surface area contributed by atoms with Gasteiger partial charge in [-0.25, -0.2) is 9.97 Å². The van der Waals surface area contributed by atoms with Crippen molar-refractivity contribution in [3.05, 3.63) is 47.2 Å². The molecule has 126 valence electrons. The number of hydrogen-bond acceptors (Lipinski definition) is 5. The molecular weight excluding hydrogens is 326 g/mol. The Balaban J connectivity index is 1.51. The van der Waals surface area contributed by atoms with Gasteiger partial charge in [0.2, 0.25) is 5.91 Å². The maximum atomic E-state index is 12.4. The molecule has 2 heterocycles. The van der Waals surface area contributed by atoms with E-state index in [-0.39, 0.29) is 17.8 Å². The van der Waals surface area contributed by atoms with Crippen LogP contribution in [-0.2, 0) is 11.2 Å². The topological polar surface area (TPSA) is 84.1 Å². The van der Waals surface area contributed by atoms with Crippen molar-refractivity contribution in [1.29, 1.82) is 0 Å². The molecule has 1 aliphatic rings. The first-order valence-corrected chi connectivity index (χ1v) is 8.35. The van der Waals surface area contributed by atoms with E-state index >= 15 is 0 Å². The van der Waals surface area contributed by atoms with E-state index in [9.17, 15) is 4.79 Å². The van der Waals surface area contributed by atoms with Crippen LogP contribution in [0.5, 0.6) is 0 Å². The Labute approximate surface area is 146 Å². The molecule has 1 fully saturated rings. The molecular formula is C17H20ClN5O. The summed E-state index contributed by atoms with van der Waals surface area (Å²) in [5.74, 6) is 0.951. The first-order chi connectivity index (χ1) is 11.6. The van der Waals surface area contributed by atoms with Crippen molar-refractivity contribution in [1.82, 2.24) is 14.9 Å². The summed E-state index contributed by atoms with van der Waals surface area (Å²) in [6, 6.07) is 10.2. The van der Waals surface area contributed by atoms with Crippen LogP contribution in [0.1, 0.15) is 18.4 Å². The first-order valence-electron chi connectivity index (χ1n) is 7.97. The van der Waals surface area contributed by atoms with Gasteiger partial charge in [0.1, 0.15) is 17.2 Å². The third-order valence-corrected chi connectivity index (χ3v) is 4.54. The Morgan fingerprint density at radius 3 is 2.92 bits per heavy atom. The Bertz CT molecular complexity index is 709. The molecule has 3 rings (SSSR count). The van der Waals surface area contributed by atoms with Crippen LogP contribution in [0.25, 0.3) is 0 Å². The van der Waals surface area contributed by atoms with Crippen molar-refractivity contribution in [2.24, 2.45) is 0 Å². The number of amides is 1. The van der Waals surface area contributed by atoms with Crippen LogP contribution in [0.15, 0.2) is 36.7 Å². The number of anilines is 2. The quantitative estimate of drug-likeness (QED) is 0.869. The number of aryl methyl sites for hydroxylation is 1. The zero-order valence-corrected chi connectivity index (χ0v) is 14.0. The summed E-state index contributed by atoms with van der Waals surface area (Å²) in [5.41, 5.74) is 6.86. The summed E-state index contributed by atoms with van der Waals surface area (Å²) < 4.78 is 0. The van der Waals surface area contributed by atoms with Gasteiger partial charge in [0.05, 0.1) is 0 Å². The number of nitrogens with one attached hydrogen (secondary N) is 1. The molecule has 0 bridgehead atoms. The SMILES string of the molecule is Nc1ncnc(N[C@H]2CCN(C(=O)CCc3ccccc3)C2)c1Cl. The number of nitrogen functional groups attached to an aromatic ring is 1. The predicted molar refractivity (Wildman–Crippen MR) is 94.8 cm³/mol. The van der Waals surface area contributed by atoms with Crippen LogP contribution in [0.4, 0.5) is 11.6 Å². The molecule has 1 aliphatic heterocycles. The van der Waals surface area contributed by atoms with E-state index in [1.165, 1.54) is 11.9 Å². The van der Waals surface area contributed by atoms with Crippen molar-refractivity contribution in [3.63, 3.8) is 0 Å². The molecule has 3 N–H and O–H groups in total. The first kappa shape index (κ1) is 16.5. The van der Waals surface area contributed by atoms with Gasteiger partial charge in [-0.05, 0) is 18.4 Å². The highest BCUT2D eigenvalue weighted by molar-refractivity contribution is 6.35. The minimum atomic E-state index is 0.123. The highest BCUT2D eigenvalue weighted by atomic mass is 35.5. The van der Waals surface area contributed by atoms with Gasteiger partial charge in [-0.1, -0.05) is 41.9 Å². The highest BCUT2D eigenvalue weighted by Gasteiger charge is 2.26. The van der Waals surface area contributed by atoms with E-state index in [0.717, 1.165) is 19.4 Å². The fraction of sp³-hybridized carbons (Fsp3) is 0.353. The lowest BCUT2D eigenvalue weighted by molar-refractivity contribution is -0.130. The average Bonchev–Trinajstić information content (AvgIpc) is 3.06. The van der Waals surface area contributed by atoms with Gasteiger partial charge in [-0.15, -0.1) is 0 Å². The second kappa shape index (κ2) is 7.49. The van der Waals surface area contributed by atoms with E-state index in [2.05, 4.69) is 15.3 Å². The Morgan fingerprint density at radius 2 is 2.12 bits per heavy atom. The molecule has 1 aromatic heterocycles. The smallest absolute Gasteiger partial charge is 0.222 e. The lowest BCUT2D eigenvalue weighted by Gasteiger charge is -2.18. The summed E-state index contributed by atoms with van der Waals surface area (Å²) in [6.07, 6.45) is 3.53. The number of nitrogens with zero attached hydrogens (tertiary/aromatic N) is 3. The minimum absolute atomic E-state index is 0.123. The van der Waals surface area contributed by atoms with Crippen molar-refractivity contribution in [3.8, 4) is 0 Å². The Kier molecular flexibility index (Phi) is 5.15. The summed E-state index contributed by atoms with van der Waals surface area (Å²) in [5, 5.41) is 3.58. The van der Waals surface area contributed by atoms with E-state index in [0.29, 0.717) is 23.8 Å². The van der Waals surface area contributed by atoms with Crippen LogP contribution in [-0.4, -0.2) is 39.9 Å². The van der Waals surface area contributed by atoms with Gasteiger partial charge in [-0.2, -0.15) is 0 Å². The molecule has 24 heavy (non-hydrogen) atoms. The molecule has 0 saturated carbocycles. The molecule has 0 spiro atoms. The summed E-state index contributed by atoms with van der Waals surface area (Å²) >= 11 is 6.10. The molecule has 1 saturated heterocycles. The van der Waals surface area contributed by atoms with Crippen LogP contribution in [0, 0.1) is 0 Å². The zero-order chi connectivity index (χ0) is 16.9. The van der Waals surface area contributed by atoms with Gasteiger partial charge in [0.15, 0.2) is 5.82 Å². The number of benzene rings is 1. The number of rotatable bonds is 5. The standard InChI is InChI=1S/C17H20ClN5O/c18-15-16(19)20-11-21-17(15)22-13-8-9-23(10-13)14(24)7-6-12-4-2-1-3-5-12/h1-5,11,13H,6-10H2,(H3,19,20,21,22)/t13-/m0/s1. The molecule has 1 aromatic carbocycles. The van der Waals surface area contributed by atoms with Gasteiger partial charge in [-0.3, -0.25) is 4.79 Å². The number of carbonyl (C=O) groups excluding carboxylic acids is 1. The van der Waals surface area contributed by atoms with Gasteiger partial charge in [0.25, 0.3) is 0 Å². The van der Waals surface area contributed by atoms with E-state index in [1.54, 1.807) is 0 Å². The largest absolute Gasteiger partial charge is 0.382 e. The van der Waals surface area contributed by atoms with Gasteiger partial charge < -0.3 is 16.0 Å². The van der Waals surface area contributed by atoms with E-state index in [1.807, 2.05) is 35.2 Å². The van der Waals surface area contributed by atoms with Gasteiger partial charge in [0, 0.05) is 25.6 Å². The molecule has 6 nitrogen and oxygen atoms in total. The highest BCUT2D eigenvalue weighted by Crippen LogP contribution is 2.25. The van der Waals surface area contributed by atoms with Crippen molar-refractivity contribution in [2.75, 3.05) is 24.1 Å². The summed E-state index contributed by atoms with van der Waals surface area (Å²) in [4.78, 5) is 22.2. The number of nitrogens with two attached hydrogens (primary N) is 1. The summed E-state index contributed by atoms with van der Waals surface area (Å²) in [6.45, 7) is 1.39. The lowest BCUT2D eigenvalue weighted by atomic mass is 10.1. The number of aromatic nitrogens is 2. The maximum Gasteiger partial charge on any atom is 0.222 e. The van der Waals surface area contributed by atoms with Crippen molar-refractivity contribution in [2.45, 2.75) is 25.3 Å². The second-order valence-corrected chi connectivity index (χ2v) is 6.25. The molecule has 1 amide bonds. The molecule has 0 aliphatic carbocycles. The third kappa shape index (κ3) is 3.94. The molecule has 0 unspecified atom stereocenters. The van der Waals surface area contributed by atoms with Crippen LogP contribution >= 0.6 is 11.6 Å². The summed E-state index contributed by atoms with van der Waals surface area (Å²) in [7, 11) is 0. The zero-order valence-electron chi connectivity index (χ0n) is 13.3. The Hall–Kier alpha value is -2.34. The molecule has 0 radical (unpaired) electrons. The van der Waals surface area contributed by atoms with E-state index < -0.39 is 0 Å². The molecule has 1 atom stereocenters. The van der Waals surface area contributed by atoms with Crippen LogP contribution in [0.3, 0.4) is 0 Å². The minimum Gasteiger partial charge on any atom is -0.382 e. The Morgan fingerprint density at radius 1 is 1.33 bits per heavy atom. The van der Waals surface area contributed by atoms with Gasteiger partial charge >= 0.3 is 0 Å². The number of likely N-dealkylation sites (tertiary alicyclic amines) is 1. The fourth-order valence-corrected chi connectivity index (χ4v) is 2.99. The maximum absolute atomic E-state index is 12.4. The molecule has 2 aromatic rings. The third-order valence-electron chi connectivity index (χ3n) is 4.17. The second-order valence-electron chi connectivity index (χ2n) is 5.88. The van der Waals surface area contributed by atoms with Crippen molar-refractivity contribution < 1.29 is 4.79 Å².